The number of hydrogen-bond acceptors (Lipinski definition) is 9. The van der Waals surface area contributed by atoms with Gasteiger partial charge in [0.2, 0.25) is 15.9 Å². The van der Waals surface area contributed by atoms with Gasteiger partial charge in [-0.15, -0.1) is 12.4 Å². The van der Waals surface area contributed by atoms with Gasteiger partial charge in [-0.05, 0) is 60.0 Å². The Labute approximate surface area is 281 Å². The molecule has 3 saturated heterocycles. The molecule has 4 heterocycles. The zero-order chi connectivity index (χ0) is 31.9. The monoisotopic (exact) mass is 712 g/mol. The molecule has 0 radical (unpaired) electrons. The van der Waals surface area contributed by atoms with E-state index in [0.29, 0.717) is 10.4 Å². The molecule has 3 aliphatic heterocycles. The van der Waals surface area contributed by atoms with E-state index in [9.17, 15) is 27.1 Å². The summed E-state index contributed by atoms with van der Waals surface area (Å²) in [7, 11) is -5.12. The smallest absolute Gasteiger partial charge is 0.252 e. The molecular formula is C30H38Cl2N6O6S2. The number of pyridine rings is 1. The number of nitrogens with zero attached hydrogens (tertiary/aromatic N) is 6. The van der Waals surface area contributed by atoms with Crippen LogP contribution in [0.15, 0.2) is 65.8 Å². The fraction of sp³-hybridized carbons (Fsp3) is 0.433. The van der Waals surface area contributed by atoms with Crippen molar-refractivity contribution in [2.45, 2.75) is 29.8 Å². The predicted molar refractivity (Wildman–Crippen MR) is 182 cm³/mol. The highest BCUT2D eigenvalue weighted by Gasteiger charge is 2.47. The minimum Gasteiger partial charge on any atom is -0.371 e. The van der Waals surface area contributed by atoms with Gasteiger partial charge in [0, 0.05) is 68.9 Å². The molecule has 16 heteroatoms. The van der Waals surface area contributed by atoms with Crippen molar-refractivity contribution >= 4 is 72.9 Å². The van der Waals surface area contributed by atoms with E-state index in [1.165, 1.54) is 16.0 Å². The third-order valence-corrected chi connectivity index (χ3v) is 12.7. The van der Waals surface area contributed by atoms with Gasteiger partial charge in [-0.2, -0.15) is 14.9 Å². The van der Waals surface area contributed by atoms with Gasteiger partial charge in [0.25, 0.3) is 5.91 Å². The van der Waals surface area contributed by atoms with E-state index in [-0.39, 0.29) is 54.5 Å². The summed E-state index contributed by atoms with van der Waals surface area (Å²) < 4.78 is 49.2. The molecule has 1 unspecified atom stereocenters. The lowest BCUT2D eigenvalue weighted by Crippen LogP contribution is -2.68. The summed E-state index contributed by atoms with van der Waals surface area (Å²) in [5, 5.41) is 5.25. The lowest BCUT2D eigenvalue weighted by atomic mass is 10.0. The van der Waals surface area contributed by atoms with E-state index in [1.807, 2.05) is 17.1 Å². The number of aromatic nitrogens is 1. The van der Waals surface area contributed by atoms with Crippen molar-refractivity contribution < 1.29 is 27.1 Å². The Kier molecular flexibility index (Phi) is 10.4. The quantitative estimate of drug-likeness (QED) is 0.393. The zero-order valence-electron chi connectivity index (χ0n) is 25.3. The van der Waals surface area contributed by atoms with E-state index in [1.54, 1.807) is 49.8 Å². The lowest BCUT2D eigenvalue weighted by molar-refractivity contribution is -0.174. The second-order valence-corrected chi connectivity index (χ2v) is 16.5. The van der Waals surface area contributed by atoms with E-state index in [4.69, 9.17) is 11.6 Å². The van der Waals surface area contributed by atoms with E-state index < -0.39 is 45.0 Å². The molecule has 3 aromatic rings. The number of benzene rings is 2. The maximum absolute atomic E-state index is 14.1. The summed E-state index contributed by atoms with van der Waals surface area (Å²) in [5.41, 5.74) is 1.07. The molecule has 3 aliphatic rings. The van der Waals surface area contributed by atoms with Crippen molar-refractivity contribution in [3.8, 4) is 0 Å². The second kappa shape index (κ2) is 13.8. The van der Waals surface area contributed by atoms with Crippen molar-refractivity contribution in [3.05, 3.63) is 65.9 Å². The molecule has 6 rings (SSSR count). The van der Waals surface area contributed by atoms with Crippen LogP contribution in [-0.4, -0.2) is 123 Å². The van der Waals surface area contributed by atoms with Crippen LogP contribution in [0.1, 0.15) is 12.8 Å². The molecule has 46 heavy (non-hydrogen) atoms. The van der Waals surface area contributed by atoms with Crippen molar-refractivity contribution in [1.82, 2.24) is 24.2 Å². The van der Waals surface area contributed by atoms with Crippen molar-refractivity contribution in [2.75, 3.05) is 62.7 Å². The number of carbonyl (C=O) groups is 2. The first-order valence-corrected chi connectivity index (χ1v) is 18.5. The number of anilines is 1. The Balaban J connectivity index is 0.00000417. The van der Waals surface area contributed by atoms with Crippen LogP contribution >= 0.6 is 34.6 Å². The summed E-state index contributed by atoms with van der Waals surface area (Å²) in [6, 6.07) is 12.6. The number of piperidine rings is 1. The molecule has 12 nitrogen and oxygen atoms in total. The van der Waals surface area contributed by atoms with Crippen LogP contribution < -0.4 is 4.90 Å². The molecule has 0 bridgehead atoms. The summed E-state index contributed by atoms with van der Waals surface area (Å²) >= 11 is 6.10. The molecule has 1 aromatic heterocycles. The Hall–Kier alpha value is -2.69. The highest BCUT2D eigenvalue weighted by atomic mass is 35.5. The van der Waals surface area contributed by atoms with Crippen molar-refractivity contribution in [1.29, 1.82) is 0 Å². The van der Waals surface area contributed by atoms with Gasteiger partial charge >= 0.3 is 0 Å². The van der Waals surface area contributed by atoms with E-state index >= 15 is 0 Å². The van der Waals surface area contributed by atoms with Gasteiger partial charge in [-0.1, -0.05) is 23.7 Å². The van der Waals surface area contributed by atoms with Crippen LogP contribution in [-0.2, 0) is 19.6 Å². The van der Waals surface area contributed by atoms with Crippen LogP contribution in [0.3, 0.4) is 0 Å². The molecule has 0 spiro atoms. The van der Waals surface area contributed by atoms with Gasteiger partial charge < -0.3 is 9.80 Å². The van der Waals surface area contributed by atoms with E-state index in [0.717, 1.165) is 41.3 Å². The number of carbonyl (C=O) groups excluding carboxylic acids is 2. The van der Waals surface area contributed by atoms with Crippen molar-refractivity contribution in [3.63, 3.8) is 0 Å². The molecular weight excluding hydrogens is 675 g/mol. The standard InChI is InChI=1S/C30H37ClN6O6S2.ClH/c1-33(25-8-12-34(13-9-25)26-6-10-32-11-7-26)37-28(30(39)35-14-16-44(40,41)17-15-35)20-36(21-29(37)38)45(42,43)27-5-3-22-18-24(31)4-2-23(22)19-27;/h2-7,10-11,18-19,25,28,40-41H,8-9,12-17,20-21H2,1H3;1H. The molecule has 0 aliphatic carbocycles. The molecule has 3 fully saturated rings. The third kappa shape index (κ3) is 7.09. The maximum Gasteiger partial charge on any atom is 0.252 e. The Morgan fingerprint density at radius 2 is 1.61 bits per heavy atom. The molecule has 250 valence electrons. The van der Waals surface area contributed by atoms with Crippen LogP contribution in [0.5, 0.6) is 0 Å². The number of rotatable bonds is 6. The summed E-state index contributed by atoms with van der Waals surface area (Å²) in [4.78, 5) is 35.8. The maximum atomic E-state index is 14.1. The van der Waals surface area contributed by atoms with Crippen molar-refractivity contribution in [2.24, 2.45) is 0 Å². The summed E-state index contributed by atoms with van der Waals surface area (Å²) in [6.45, 7) is 1.10. The van der Waals surface area contributed by atoms with Crippen LogP contribution in [0.4, 0.5) is 5.69 Å². The lowest BCUT2D eigenvalue weighted by Gasteiger charge is -2.49. The predicted octanol–water partition coefficient (Wildman–Crippen LogP) is 3.62. The number of hydrogen-bond donors (Lipinski definition) is 2. The van der Waals surface area contributed by atoms with Crippen LogP contribution in [0.25, 0.3) is 10.8 Å². The Bertz CT molecular complexity index is 1680. The molecule has 2 amide bonds. The van der Waals surface area contributed by atoms with Crippen LogP contribution in [0, 0.1) is 0 Å². The van der Waals surface area contributed by atoms with Gasteiger partial charge in [0.05, 0.1) is 22.9 Å². The first kappa shape index (κ1) is 34.6. The topological polar surface area (TPSA) is 138 Å². The second-order valence-electron chi connectivity index (χ2n) is 11.7. The van der Waals surface area contributed by atoms with E-state index in [2.05, 4.69) is 9.88 Å². The number of fused-ring (bicyclic) bond motifs is 1. The highest BCUT2D eigenvalue weighted by Crippen LogP contribution is 2.40. The summed E-state index contributed by atoms with van der Waals surface area (Å²) in [6.07, 6.45) is 4.97. The van der Waals surface area contributed by atoms with Gasteiger partial charge in [0.1, 0.15) is 6.04 Å². The Morgan fingerprint density at radius 1 is 0.978 bits per heavy atom. The van der Waals surface area contributed by atoms with Gasteiger partial charge in [0.15, 0.2) is 0 Å². The molecule has 2 N–H and O–H groups in total. The molecule has 2 aromatic carbocycles. The minimum atomic E-state index is -4.15. The normalized spacial score (nSPS) is 22.2. The van der Waals surface area contributed by atoms with Gasteiger partial charge in [-0.25, -0.2) is 13.4 Å². The zero-order valence-corrected chi connectivity index (χ0v) is 28.5. The average molecular weight is 714 g/mol. The number of amides is 2. The average Bonchev–Trinajstić information content (AvgIpc) is 3.04. The van der Waals surface area contributed by atoms with Gasteiger partial charge in [-0.3, -0.25) is 28.7 Å². The number of hydrazine groups is 1. The minimum absolute atomic E-state index is 0. The first-order valence-electron chi connectivity index (χ1n) is 14.8. The number of sulfonamides is 1. The Morgan fingerprint density at radius 3 is 2.28 bits per heavy atom. The third-order valence-electron chi connectivity index (χ3n) is 8.98. The largest absolute Gasteiger partial charge is 0.371 e. The number of halogens is 2. The highest BCUT2D eigenvalue weighted by molar-refractivity contribution is 8.24. The van der Waals surface area contributed by atoms with Crippen LogP contribution in [0.2, 0.25) is 5.02 Å². The first-order chi connectivity index (χ1) is 21.4. The fourth-order valence-corrected chi connectivity index (χ4v) is 9.23. The number of piperazine rings is 1. The fourth-order valence-electron chi connectivity index (χ4n) is 6.38. The SMILES string of the molecule is CN(C1CCN(c2ccncc2)CC1)N1C(=O)CN(S(=O)(=O)c2ccc3cc(Cl)ccc3c2)CC1C(=O)N1CCS(O)(O)CC1.Cl. The molecule has 0 saturated carbocycles. The summed E-state index contributed by atoms with van der Waals surface area (Å²) in [5.74, 6) is -0.805. The molecule has 1 atom stereocenters.